The van der Waals surface area contributed by atoms with Crippen molar-refractivity contribution in [1.82, 2.24) is 0 Å². The molecule has 1 N–H and O–H groups in total. The van der Waals surface area contributed by atoms with Crippen LogP contribution in [-0.4, -0.2) is 35.6 Å². The van der Waals surface area contributed by atoms with E-state index in [2.05, 4.69) is 5.32 Å². The number of para-hydroxylation sites is 1. The number of hydrogen-bond donors (Lipinski definition) is 1. The number of sulfonamides is 1. The Morgan fingerprint density at radius 1 is 0.941 bits per heavy atom. The summed E-state index contributed by atoms with van der Waals surface area (Å²) in [7, 11) is 0.295. The molecule has 0 aromatic heterocycles. The molecule has 7 nitrogen and oxygen atoms in total. The van der Waals surface area contributed by atoms with Gasteiger partial charge in [0.2, 0.25) is 0 Å². The van der Waals surface area contributed by atoms with Crippen LogP contribution in [0, 0.1) is 0 Å². The maximum atomic E-state index is 13.4. The highest BCUT2D eigenvalue weighted by Crippen LogP contribution is 2.44. The van der Waals surface area contributed by atoms with Gasteiger partial charge < -0.3 is 14.8 Å². The SMILES string of the molecule is COc1cc2c(cc1OC)N(C)S(=O)(=O)C(C(=O)Nc1ccccc1Sc1ccccc1)=C2C. The minimum Gasteiger partial charge on any atom is -0.493 e. The van der Waals surface area contributed by atoms with Crippen molar-refractivity contribution in [2.45, 2.75) is 16.7 Å². The molecule has 0 spiro atoms. The Balaban J connectivity index is 1.75. The molecule has 0 saturated carbocycles. The van der Waals surface area contributed by atoms with Crippen molar-refractivity contribution >= 4 is 44.6 Å². The van der Waals surface area contributed by atoms with Gasteiger partial charge in [0.05, 0.1) is 25.6 Å². The van der Waals surface area contributed by atoms with Crippen molar-refractivity contribution in [3.63, 3.8) is 0 Å². The van der Waals surface area contributed by atoms with Crippen LogP contribution < -0.4 is 19.1 Å². The predicted molar refractivity (Wildman–Crippen MR) is 135 cm³/mol. The van der Waals surface area contributed by atoms with Gasteiger partial charge in [0.1, 0.15) is 0 Å². The number of amides is 1. The van der Waals surface area contributed by atoms with Crippen LogP contribution in [0.15, 0.2) is 81.4 Å². The minimum atomic E-state index is -4.10. The van der Waals surface area contributed by atoms with Crippen LogP contribution in [-0.2, 0) is 14.8 Å². The second kappa shape index (κ2) is 9.44. The molecule has 1 heterocycles. The molecular weight excluding hydrogens is 472 g/mol. The van der Waals surface area contributed by atoms with Gasteiger partial charge in [-0.05, 0) is 42.8 Å². The van der Waals surface area contributed by atoms with Gasteiger partial charge in [-0.25, -0.2) is 8.42 Å². The number of nitrogens with one attached hydrogen (secondary N) is 1. The summed E-state index contributed by atoms with van der Waals surface area (Å²) < 4.78 is 38.6. The molecule has 0 bridgehead atoms. The molecule has 0 radical (unpaired) electrons. The van der Waals surface area contributed by atoms with Gasteiger partial charge in [0, 0.05) is 28.5 Å². The fraction of sp³-hybridized carbons (Fsp3) is 0.160. The first-order valence-electron chi connectivity index (χ1n) is 10.4. The van der Waals surface area contributed by atoms with E-state index in [1.54, 1.807) is 31.2 Å². The Bertz CT molecular complexity index is 1390. The largest absolute Gasteiger partial charge is 0.493 e. The lowest BCUT2D eigenvalue weighted by Crippen LogP contribution is -2.36. The molecule has 0 aliphatic carbocycles. The normalized spacial score (nSPS) is 14.4. The van der Waals surface area contributed by atoms with E-state index in [4.69, 9.17) is 9.47 Å². The number of fused-ring (bicyclic) bond motifs is 1. The molecule has 9 heteroatoms. The summed E-state index contributed by atoms with van der Waals surface area (Å²) in [5.74, 6) is 0.138. The van der Waals surface area contributed by atoms with Crippen LogP contribution in [0.3, 0.4) is 0 Å². The lowest BCUT2D eigenvalue weighted by Gasteiger charge is -2.30. The van der Waals surface area contributed by atoms with Crippen molar-refractivity contribution in [1.29, 1.82) is 0 Å². The molecule has 1 aliphatic heterocycles. The quantitative estimate of drug-likeness (QED) is 0.517. The third-order valence-corrected chi connectivity index (χ3v) is 8.53. The van der Waals surface area contributed by atoms with E-state index in [9.17, 15) is 13.2 Å². The number of anilines is 2. The zero-order chi connectivity index (χ0) is 24.5. The number of ether oxygens (including phenoxy) is 2. The second-order valence-electron chi connectivity index (χ2n) is 7.52. The van der Waals surface area contributed by atoms with Crippen LogP contribution in [0.4, 0.5) is 11.4 Å². The summed E-state index contributed by atoms with van der Waals surface area (Å²) in [4.78, 5) is 14.9. The molecule has 0 saturated heterocycles. The van der Waals surface area contributed by atoms with Gasteiger partial charge in [-0.1, -0.05) is 42.1 Å². The highest BCUT2D eigenvalue weighted by Gasteiger charge is 2.38. The maximum Gasteiger partial charge on any atom is 0.269 e. The van der Waals surface area contributed by atoms with E-state index in [0.29, 0.717) is 34.0 Å². The topological polar surface area (TPSA) is 84.9 Å². The molecule has 4 rings (SSSR count). The van der Waals surface area contributed by atoms with Gasteiger partial charge in [-0.2, -0.15) is 0 Å². The Morgan fingerprint density at radius 3 is 2.24 bits per heavy atom. The number of carbonyl (C=O) groups excluding carboxylic acids is 1. The lowest BCUT2D eigenvalue weighted by atomic mass is 10.0. The van der Waals surface area contributed by atoms with E-state index < -0.39 is 15.9 Å². The van der Waals surface area contributed by atoms with Gasteiger partial charge in [-0.3, -0.25) is 9.10 Å². The smallest absolute Gasteiger partial charge is 0.269 e. The molecule has 3 aromatic carbocycles. The van der Waals surface area contributed by atoms with Crippen molar-refractivity contribution in [2.75, 3.05) is 30.9 Å². The van der Waals surface area contributed by atoms with Crippen LogP contribution in [0.2, 0.25) is 0 Å². The molecule has 176 valence electrons. The van der Waals surface area contributed by atoms with Crippen molar-refractivity contribution < 1.29 is 22.7 Å². The highest BCUT2D eigenvalue weighted by molar-refractivity contribution is 7.99. The zero-order valence-electron chi connectivity index (χ0n) is 19.2. The molecule has 1 amide bonds. The second-order valence-corrected chi connectivity index (χ2v) is 10.5. The Morgan fingerprint density at radius 2 is 1.56 bits per heavy atom. The van der Waals surface area contributed by atoms with Crippen LogP contribution in [0.1, 0.15) is 12.5 Å². The van der Waals surface area contributed by atoms with Gasteiger partial charge in [-0.15, -0.1) is 0 Å². The van der Waals surface area contributed by atoms with E-state index in [1.165, 1.54) is 33.0 Å². The summed E-state index contributed by atoms with van der Waals surface area (Å²) >= 11 is 1.48. The number of carbonyl (C=O) groups is 1. The summed E-state index contributed by atoms with van der Waals surface area (Å²) in [5, 5.41) is 2.81. The summed E-state index contributed by atoms with van der Waals surface area (Å²) in [6, 6.07) is 20.3. The third kappa shape index (κ3) is 4.24. The molecule has 1 aliphatic rings. The first kappa shape index (κ1) is 23.7. The molecule has 0 unspecified atom stereocenters. The van der Waals surface area contributed by atoms with E-state index in [1.807, 2.05) is 42.5 Å². The van der Waals surface area contributed by atoms with E-state index in [-0.39, 0.29) is 4.91 Å². The monoisotopic (exact) mass is 496 g/mol. The summed E-state index contributed by atoms with van der Waals surface area (Å²) in [6.45, 7) is 1.62. The van der Waals surface area contributed by atoms with Crippen molar-refractivity contribution in [3.05, 3.63) is 77.2 Å². The number of benzene rings is 3. The number of allylic oxidation sites excluding steroid dienone is 1. The highest BCUT2D eigenvalue weighted by atomic mass is 32.2. The number of methoxy groups -OCH3 is 2. The van der Waals surface area contributed by atoms with Crippen LogP contribution in [0.5, 0.6) is 11.5 Å². The van der Waals surface area contributed by atoms with Gasteiger partial charge >= 0.3 is 0 Å². The molecule has 3 aromatic rings. The summed E-state index contributed by atoms with van der Waals surface area (Å²) in [5.41, 5.74) is 1.84. The third-order valence-electron chi connectivity index (χ3n) is 5.52. The van der Waals surface area contributed by atoms with Gasteiger partial charge in [0.15, 0.2) is 16.4 Å². The van der Waals surface area contributed by atoms with Crippen molar-refractivity contribution in [3.8, 4) is 11.5 Å². The maximum absolute atomic E-state index is 13.4. The average molecular weight is 497 g/mol. The number of nitrogens with zero attached hydrogens (tertiary/aromatic N) is 1. The predicted octanol–water partition coefficient (Wildman–Crippen LogP) is 5.00. The fourth-order valence-electron chi connectivity index (χ4n) is 3.75. The van der Waals surface area contributed by atoms with Gasteiger partial charge in [0.25, 0.3) is 15.9 Å². The molecule has 0 fully saturated rings. The first-order valence-corrected chi connectivity index (χ1v) is 12.6. The van der Waals surface area contributed by atoms with E-state index >= 15 is 0 Å². The van der Waals surface area contributed by atoms with Crippen molar-refractivity contribution in [2.24, 2.45) is 0 Å². The molecular formula is C25H24N2O5S2. The average Bonchev–Trinajstić information content (AvgIpc) is 2.83. The fourth-order valence-corrected chi connectivity index (χ4v) is 6.14. The minimum absolute atomic E-state index is 0.311. The number of rotatable bonds is 6. The molecule has 34 heavy (non-hydrogen) atoms. The Kier molecular flexibility index (Phi) is 6.58. The Hall–Kier alpha value is -3.43. The van der Waals surface area contributed by atoms with E-state index in [0.717, 1.165) is 14.1 Å². The summed E-state index contributed by atoms with van der Waals surface area (Å²) in [6.07, 6.45) is 0. The lowest BCUT2D eigenvalue weighted by molar-refractivity contribution is -0.112. The van der Waals surface area contributed by atoms with Crippen LogP contribution in [0.25, 0.3) is 5.57 Å². The number of hydrogen-bond acceptors (Lipinski definition) is 6. The molecule has 0 atom stereocenters. The Labute approximate surface area is 203 Å². The first-order chi connectivity index (χ1) is 16.3. The standard InChI is InChI=1S/C25H24N2O5S2/c1-16-18-14-21(31-3)22(32-4)15-20(18)27(2)34(29,30)24(16)25(28)26-19-12-8-9-13-23(19)33-17-10-6-5-7-11-17/h5-15H,1-4H3,(H,26,28). The van der Waals surface area contributed by atoms with Crippen LogP contribution >= 0.6 is 11.8 Å². The zero-order valence-corrected chi connectivity index (χ0v) is 20.8.